The van der Waals surface area contributed by atoms with Crippen molar-refractivity contribution in [1.82, 2.24) is 19.5 Å². The number of amides is 1. The zero-order chi connectivity index (χ0) is 27.9. The van der Waals surface area contributed by atoms with E-state index in [0.29, 0.717) is 48.7 Å². The molecule has 0 bridgehead atoms. The highest BCUT2D eigenvalue weighted by molar-refractivity contribution is 6.00. The van der Waals surface area contributed by atoms with Crippen LogP contribution in [0.1, 0.15) is 80.4 Å². The summed E-state index contributed by atoms with van der Waals surface area (Å²) in [5.74, 6) is 0.373. The second-order valence-corrected chi connectivity index (χ2v) is 9.75. The van der Waals surface area contributed by atoms with E-state index in [0.717, 1.165) is 41.7 Å². The van der Waals surface area contributed by atoms with Gasteiger partial charge in [-0.05, 0) is 44.8 Å². The van der Waals surface area contributed by atoms with E-state index in [1.54, 1.807) is 24.0 Å². The number of ether oxygens (including phenoxy) is 1. The summed E-state index contributed by atoms with van der Waals surface area (Å²) in [4.78, 5) is 40.9. The highest BCUT2D eigenvalue weighted by atomic mass is 16.5. The molecule has 0 unspecified atom stereocenters. The number of likely N-dealkylation sites (tertiary alicyclic amines) is 1. The van der Waals surface area contributed by atoms with Crippen LogP contribution in [-0.4, -0.2) is 70.5 Å². The van der Waals surface area contributed by atoms with Gasteiger partial charge in [-0.2, -0.15) is 9.61 Å². The Morgan fingerprint density at radius 2 is 2.03 bits per heavy atom. The summed E-state index contributed by atoms with van der Waals surface area (Å²) in [6.45, 7) is 7.04. The van der Waals surface area contributed by atoms with Gasteiger partial charge in [0.15, 0.2) is 11.4 Å². The summed E-state index contributed by atoms with van der Waals surface area (Å²) < 4.78 is 6.56. The number of hydrogen-bond donors (Lipinski definition) is 1. The van der Waals surface area contributed by atoms with Crippen LogP contribution < -0.4 is 5.73 Å². The Morgan fingerprint density at radius 1 is 1.26 bits per heavy atom. The molecule has 10 nitrogen and oxygen atoms in total. The van der Waals surface area contributed by atoms with Crippen LogP contribution >= 0.6 is 0 Å². The summed E-state index contributed by atoms with van der Waals surface area (Å²) in [5.41, 5.74) is 11.8. The molecule has 4 heterocycles. The van der Waals surface area contributed by atoms with Crippen molar-refractivity contribution in [2.75, 3.05) is 32.7 Å². The number of piperidine rings is 1. The van der Waals surface area contributed by atoms with Crippen LogP contribution in [0.2, 0.25) is 0 Å². The van der Waals surface area contributed by atoms with Gasteiger partial charge in [-0.25, -0.2) is 4.98 Å². The van der Waals surface area contributed by atoms with E-state index >= 15 is 0 Å². The van der Waals surface area contributed by atoms with E-state index in [2.05, 4.69) is 15.1 Å². The number of aliphatic imine (C=N–C) groups is 2. The number of aromatic nitrogens is 3. The first kappa shape index (κ1) is 28.1. The lowest BCUT2D eigenvalue weighted by Gasteiger charge is -2.32. The molecule has 2 aliphatic heterocycles. The zero-order valence-corrected chi connectivity index (χ0v) is 23.2. The van der Waals surface area contributed by atoms with E-state index in [4.69, 9.17) is 15.5 Å². The van der Waals surface area contributed by atoms with Crippen molar-refractivity contribution < 1.29 is 14.3 Å². The standard InChI is InChI=1S/C29H37N7O3/c1-5-7-25(38)35-14-11-22(12-15-35)27-26(19(3)37)28(30)36-29(34-27)23(17-33-36)21-8-9-24(32-13-10-21)20(6-2)16-31-18-39-4/h6,8-9,13,16-17,22H,5,7,10-12,14-15,18,30H2,1-4H3/b20-6+,31-16-. The Kier molecular flexibility index (Phi) is 9.19. The predicted molar refractivity (Wildman–Crippen MR) is 154 cm³/mol. The summed E-state index contributed by atoms with van der Waals surface area (Å²) in [6, 6.07) is 0. The minimum absolute atomic E-state index is 0.0319. The number of nitrogens with zero attached hydrogens (tertiary/aromatic N) is 6. The molecule has 2 aromatic heterocycles. The van der Waals surface area contributed by atoms with E-state index in [1.807, 2.05) is 43.2 Å². The lowest BCUT2D eigenvalue weighted by Crippen LogP contribution is -2.38. The number of ketones is 1. The largest absolute Gasteiger partial charge is 0.383 e. The molecule has 1 saturated heterocycles. The van der Waals surface area contributed by atoms with Crippen LogP contribution in [0.3, 0.4) is 0 Å². The number of Topliss-reactive ketones (excluding diaryl/α,β-unsaturated/α-hetero) is 1. The Morgan fingerprint density at radius 3 is 2.69 bits per heavy atom. The van der Waals surface area contributed by atoms with Gasteiger partial charge in [0.05, 0.1) is 23.2 Å². The van der Waals surface area contributed by atoms with Gasteiger partial charge in [0.25, 0.3) is 0 Å². The molecule has 2 N–H and O–H groups in total. The molecular formula is C29H37N7O3. The first-order chi connectivity index (χ1) is 18.9. The molecule has 10 heteroatoms. The highest BCUT2D eigenvalue weighted by Gasteiger charge is 2.30. The maximum atomic E-state index is 12.7. The fraction of sp³-hybridized carbons (Fsp3) is 0.448. The smallest absolute Gasteiger partial charge is 0.222 e. The summed E-state index contributed by atoms with van der Waals surface area (Å²) >= 11 is 0. The second kappa shape index (κ2) is 12.8. The minimum atomic E-state index is -0.138. The monoisotopic (exact) mass is 531 g/mol. The number of allylic oxidation sites excluding steroid dienone is 5. The van der Waals surface area contributed by atoms with Crippen molar-refractivity contribution >= 4 is 41.2 Å². The van der Waals surface area contributed by atoms with Gasteiger partial charge in [-0.3, -0.25) is 19.6 Å². The fourth-order valence-electron chi connectivity index (χ4n) is 5.09. The predicted octanol–water partition coefficient (Wildman–Crippen LogP) is 4.38. The van der Waals surface area contributed by atoms with Crippen LogP contribution in [0.15, 0.2) is 45.7 Å². The Hall–Kier alpha value is -3.92. The first-order valence-corrected chi connectivity index (χ1v) is 13.4. The number of fused-ring (bicyclic) bond motifs is 1. The number of carbonyl (C=O) groups excluding carboxylic acids is 2. The average Bonchev–Trinajstić information content (AvgIpc) is 3.21. The highest BCUT2D eigenvalue weighted by Crippen LogP contribution is 2.34. The van der Waals surface area contributed by atoms with Gasteiger partial charge in [0, 0.05) is 62.5 Å². The third-order valence-corrected chi connectivity index (χ3v) is 7.13. The van der Waals surface area contributed by atoms with Crippen LogP contribution in [0, 0.1) is 0 Å². The van der Waals surface area contributed by atoms with Gasteiger partial charge < -0.3 is 15.4 Å². The lowest BCUT2D eigenvalue weighted by atomic mass is 9.89. The molecule has 0 aliphatic carbocycles. The SMILES string of the molecule is C/C=C(\C=N/COC)C1=CC=C(c2cnn3c(N)c(C(C)=O)c(C4CCN(C(=O)CCC)CC4)nc23)CC=N1. The summed E-state index contributed by atoms with van der Waals surface area (Å²) in [6.07, 6.45) is 14.7. The summed E-state index contributed by atoms with van der Waals surface area (Å²) in [7, 11) is 1.60. The van der Waals surface area contributed by atoms with Gasteiger partial charge >= 0.3 is 0 Å². The van der Waals surface area contributed by atoms with Crippen LogP contribution in [0.4, 0.5) is 5.82 Å². The number of methoxy groups -OCH3 is 1. The van der Waals surface area contributed by atoms with Crippen LogP contribution in [0.5, 0.6) is 0 Å². The normalized spacial score (nSPS) is 17.0. The Bertz CT molecular complexity index is 1390. The van der Waals surface area contributed by atoms with Gasteiger partial charge in [-0.15, -0.1) is 0 Å². The molecule has 0 radical (unpaired) electrons. The maximum Gasteiger partial charge on any atom is 0.222 e. The summed E-state index contributed by atoms with van der Waals surface area (Å²) in [5, 5.41) is 4.50. The van der Waals surface area contributed by atoms with Crippen molar-refractivity contribution in [1.29, 1.82) is 0 Å². The number of carbonyl (C=O) groups is 2. The quantitative estimate of drug-likeness (QED) is 0.378. The lowest BCUT2D eigenvalue weighted by molar-refractivity contribution is -0.132. The average molecular weight is 532 g/mol. The van der Waals surface area contributed by atoms with Crippen molar-refractivity contribution in [3.8, 4) is 0 Å². The van der Waals surface area contributed by atoms with Gasteiger partial charge in [-0.1, -0.05) is 19.1 Å². The molecule has 0 aromatic carbocycles. The number of anilines is 1. The topological polar surface area (TPSA) is 128 Å². The molecule has 0 spiro atoms. The molecule has 1 fully saturated rings. The Labute approximate surface area is 229 Å². The molecule has 1 amide bonds. The van der Waals surface area contributed by atoms with Crippen molar-refractivity contribution in [2.24, 2.45) is 9.98 Å². The molecule has 4 rings (SSSR count). The second-order valence-electron chi connectivity index (χ2n) is 9.75. The molecule has 0 saturated carbocycles. The van der Waals surface area contributed by atoms with Gasteiger partial charge in [0.1, 0.15) is 12.5 Å². The van der Waals surface area contributed by atoms with E-state index in [1.165, 1.54) is 6.92 Å². The van der Waals surface area contributed by atoms with Crippen LogP contribution in [0.25, 0.3) is 11.2 Å². The van der Waals surface area contributed by atoms with Crippen LogP contribution in [-0.2, 0) is 9.53 Å². The first-order valence-electron chi connectivity index (χ1n) is 13.4. The third kappa shape index (κ3) is 6.06. The minimum Gasteiger partial charge on any atom is -0.383 e. The van der Waals surface area contributed by atoms with E-state index in [9.17, 15) is 9.59 Å². The maximum absolute atomic E-state index is 12.7. The van der Waals surface area contributed by atoms with Crippen molar-refractivity contribution in [3.05, 3.63) is 52.5 Å². The number of rotatable bonds is 9. The molecular weight excluding hydrogens is 494 g/mol. The van der Waals surface area contributed by atoms with E-state index < -0.39 is 0 Å². The number of hydrogen-bond acceptors (Lipinski definition) is 8. The van der Waals surface area contributed by atoms with Crippen molar-refractivity contribution in [3.63, 3.8) is 0 Å². The molecule has 2 aromatic rings. The van der Waals surface area contributed by atoms with E-state index in [-0.39, 0.29) is 24.3 Å². The molecule has 206 valence electrons. The number of nitrogen functional groups attached to an aromatic ring is 1. The zero-order valence-electron chi connectivity index (χ0n) is 23.2. The number of nitrogens with two attached hydrogens (primary N) is 1. The molecule has 0 atom stereocenters. The Balaban J connectivity index is 1.70. The van der Waals surface area contributed by atoms with Crippen molar-refractivity contribution in [2.45, 2.75) is 58.8 Å². The molecule has 39 heavy (non-hydrogen) atoms. The van der Waals surface area contributed by atoms with Gasteiger partial charge in [0.2, 0.25) is 5.91 Å². The third-order valence-electron chi connectivity index (χ3n) is 7.13. The fourth-order valence-corrected chi connectivity index (χ4v) is 5.09. The molecule has 2 aliphatic rings.